The molecule has 0 aromatic rings. The first kappa shape index (κ1) is 13.8. The molecule has 3 nitrogen and oxygen atoms in total. The van der Waals surface area contributed by atoms with Gasteiger partial charge in [0.1, 0.15) is 0 Å². The zero-order chi connectivity index (χ0) is 13.7. The van der Waals surface area contributed by atoms with Crippen molar-refractivity contribution in [2.45, 2.75) is 58.7 Å². The van der Waals surface area contributed by atoms with Gasteiger partial charge in [0.15, 0.2) is 5.78 Å². The Morgan fingerprint density at radius 1 is 1.44 bits per heavy atom. The van der Waals surface area contributed by atoms with Crippen LogP contribution in [0.15, 0.2) is 11.6 Å². The van der Waals surface area contributed by atoms with Crippen molar-refractivity contribution in [3.05, 3.63) is 11.6 Å². The average Bonchev–Trinajstić information content (AvgIpc) is 2.21. The quantitative estimate of drug-likeness (QED) is 0.751. The molecule has 2 N–H and O–H groups in total. The number of ketones is 1. The molecule has 0 saturated heterocycles. The van der Waals surface area contributed by atoms with Gasteiger partial charge in [-0.1, -0.05) is 19.9 Å². The second-order valence-electron chi connectivity index (χ2n) is 6.88. The predicted octanol–water partition coefficient (Wildman–Crippen LogP) is 2.07. The molecule has 1 saturated carbocycles. The lowest BCUT2D eigenvalue weighted by atomic mass is 9.56. The van der Waals surface area contributed by atoms with Gasteiger partial charge in [0.05, 0.1) is 11.7 Å². The van der Waals surface area contributed by atoms with Gasteiger partial charge in [0.2, 0.25) is 0 Å². The van der Waals surface area contributed by atoms with Crippen molar-refractivity contribution in [3.63, 3.8) is 0 Å². The van der Waals surface area contributed by atoms with Crippen LogP contribution < -0.4 is 0 Å². The van der Waals surface area contributed by atoms with Crippen LogP contribution in [0.25, 0.3) is 0 Å². The highest BCUT2D eigenvalue weighted by Crippen LogP contribution is 2.51. The van der Waals surface area contributed by atoms with Gasteiger partial charge in [0, 0.05) is 12.0 Å². The van der Waals surface area contributed by atoms with E-state index in [1.165, 1.54) is 0 Å². The molecule has 4 unspecified atom stereocenters. The predicted molar refractivity (Wildman–Crippen MR) is 70.0 cm³/mol. The van der Waals surface area contributed by atoms with Crippen LogP contribution in [0.3, 0.4) is 0 Å². The normalized spacial score (nSPS) is 41.3. The average molecular weight is 252 g/mol. The minimum absolute atomic E-state index is 0.0511. The summed E-state index contributed by atoms with van der Waals surface area (Å²) in [5.41, 5.74) is -0.615. The Kier molecular flexibility index (Phi) is 3.19. The number of hydrogen-bond acceptors (Lipinski definition) is 3. The number of aliphatic hydroxyl groups is 2. The van der Waals surface area contributed by atoms with E-state index in [-0.39, 0.29) is 29.1 Å². The Labute approximate surface area is 109 Å². The minimum Gasteiger partial charge on any atom is -0.393 e. The zero-order valence-corrected chi connectivity index (χ0v) is 11.7. The summed E-state index contributed by atoms with van der Waals surface area (Å²) in [7, 11) is 0. The first-order valence-corrected chi connectivity index (χ1v) is 6.81. The highest BCUT2D eigenvalue weighted by atomic mass is 16.3. The van der Waals surface area contributed by atoms with E-state index in [0.717, 1.165) is 12.8 Å². The Morgan fingerprint density at radius 3 is 2.61 bits per heavy atom. The highest BCUT2D eigenvalue weighted by Gasteiger charge is 2.48. The van der Waals surface area contributed by atoms with Crippen molar-refractivity contribution in [2.75, 3.05) is 0 Å². The Balaban J connectivity index is 2.42. The number of allylic oxidation sites excluding steroid dienone is 1. The van der Waals surface area contributed by atoms with Crippen molar-refractivity contribution >= 4 is 5.78 Å². The van der Waals surface area contributed by atoms with Crippen LogP contribution in [-0.4, -0.2) is 27.7 Å². The third kappa shape index (κ3) is 2.14. The maximum Gasteiger partial charge on any atom is 0.161 e. The molecule has 2 aliphatic rings. The summed E-state index contributed by atoms with van der Waals surface area (Å²) in [6.45, 7) is 7.49. The first-order chi connectivity index (χ1) is 8.15. The molecule has 0 spiro atoms. The van der Waals surface area contributed by atoms with E-state index in [4.69, 9.17) is 0 Å². The van der Waals surface area contributed by atoms with Gasteiger partial charge in [-0.25, -0.2) is 0 Å². The molecule has 0 radical (unpaired) electrons. The molecular formula is C15H24O3. The van der Waals surface area contributed by atoms with Gasteiger partial charge in [-0.3, -0.25) is 4.79 Å². The number of rotatable bonds is 1. The summed E-state index contributed by atoms with van der Waals surface area (Å²) in [5.74, 6) is 0.388. The molecule has 0 aliphatic heterocycles. The molecule has 0 aromatic heterocycles. The van der Waals surface area contributed by atoms with Crippen LogP contribution in [0, 0.1) is 17.3 Å². The second-order valence-corrected chi connectivity index (χ2v) is 6.88. The van der Waals surface area contributed by atoms with Crippen LogP contribution in [0.2, 0.25) is 0 Å². The monoisotopic (exact) mass is 252 g/mol. The van der Waals surface area contributed by atoms with E-state index in [1.54, 1.807) is 13.8 Å². The summed E-state index contributed by atoms with van der Waals surface area (Å²) in [4.78, 5) is 12.2. The Bertz CT molecular complexity index is 391. The third-order valence-electron chi connectivity index (χ3n) is 4.86. The summed E-state index contributed by atoms with van der Waals surface area (Å²) >= 11 is 0. The lowest BCUT2D eigenvalue weighted by molar-refractivity contribution is -0.124. The second kappa shape index (κ2) is 4.17. The van der Waals surface area contributed by atoms with Crippen LogP contribution in [-0.2, 0) is 4.79 Å². The third-order valence-corrected chi connectivity index (χ3v) is 4.86. The smallest absolute Gasteiger partial charge is 0.161 e. The number of hydrogen-bond donors (Lipinski definition) is 2. The number of aliphatic hydroxyl groups excluding tert-OH is 1. The lowest BCUT2D eigenvalue weighted by Crippen LogP contribution is -2.47. The fourth-order valence-electron chi connectivity index (χ4n) is 3.62. The Morgan fingerprint density at radius 2 is 2.06 bits per heavy atom. The summed E-state index contributed by atoms with van der Waals surface area (Å²) < 4.78 is 0. The van der Waals surface area contributed by atoms with E-state index in [2.05, 4.69) is 6.92 Å². The van der Waals surface area contributed by atoms with E-state index in [1.807, 2.05) is 13.0 Å². The molecule has 0 heterocycles. The zero-order valence-electron chi connectivity index (χ0n) is 11.7. The van der Waals surface area contributed by atoms with Gasteiger partial charge >= 0.3 is 0 Å². The molecule has 0 bridgehead atoms. The maximum absolute atomic E-state index is 12.2. The molecule has 2 rings (SSSR count). The number of carbonyl (C=O) groups is 1. The molecule has 0 amide bonds. The first-order valence-electron chi connectivity index (χ1n) is 6.81. The highest BCUT2D eigenvalue weighted by molar-refractivity contribution is 5.98. The molecule has 3 heteroatoms. The van der Waals surface area contributed by atoms with E-state index in [0.29, 0.717) is 12.0 Å². The van der Waals surface area contributed by atoms with E-state index >= 15 is 0 Å². The summed E-state index contributed by atoms with van der Waals surface area (Å²) in [6.07, 6.45) is 3.77. The topological polar surface area (TPSA) is 57.5 Å². The van der Waals surface area contributed by atoms with E-state index < -0.39 is 5.60 Å². The van der Waals surface area contributed by atoms with Crippen LogP contribution in [0.5, 0.6) is 0 Å². The molecular weight excluding hydrogens is 228 g/mol. The van der Waals surface area contributed by atoms with Gasteiger partial charge < -0.3 is 10.2 Å². The molecule has 4 atom stereocenters. The molecule has 102 valence electrons. The standard InChI is InChI=1S/C15H24O3/c1-9-10-7-11(14(2,3)18)13(17)8-15(10,4)6-5-12(9)16/h7,9-10,12,16,18H,5-6,8H2,1-4H3. The van der Waals surface area contributed by atoms with Gasteiger partial charge in [-0.15, -0.1) is 0 Å². The van der Waals surface area contributed by atoms with Crippen molar-refractivity contribution in [3.8, 4) is 0 Å². The fraction of sp³-hybridized carbons (Fsp3) is 0.800. The van der Waals surface area contributed by atoms with Gasteiger partial charge in [0.25, 0.3) is 0 Å². The number of fused-ring (bicyclic) bond motifs is 1. The van der Waals surface area contributed by atoms with Crippen molar-refractivity contribution in [2.24, 2.45) is 17.3 Å². The molecule has 0 aromatic carbocycles. The van der Waals surface area contributed by atoms with Crippen molar-refractivity contribution in [1.82, 2.24) is 0 Å². The van der Waals surface area contributed by atoms with Gasteiger partial charge in [-0.2, -0.15) is 0 Å². The van der Waals surface area contributed by atoms with Crippen LogP contribution >= 0.6 is 0 Å². The van der Waals surface area contributed by atoms with Crippen LogP contribution in [0.1, 0.15) is 47.0 Å². The minimum atomic E-state index is -1.08. The molecule has 2 aliphatic carbocycles. The Hall–Kier alpha value is -0.670. The van der Waals surface area contributed by atoms with Crippen molar-refractivity contribution < 1.29 is 15.0 Å². The molecule has 1 fully saturated rings. The number of carbonyl (C=O) groups excluding carboxylic acids is 1. The lowest BCUT2D eigenvalue weighted by Gasteiger charge is -2.49. The largest absolute Gasteiger partial charge is 0.393 e. The summed E-state index contributed by atoms with van der Waals surface area (Å²) in [6, 6.07) is 0. The molecule has 18 heavy (non-hydrogen) atoms. The number of Topliss-reactive ketones (excluding diaryl/α,β-unsaturated/α-hetero) is 1. The SMILES string of the molecule is CC1C(O)CCC2(C)CC(=O)C(C(C)(C)O)=CC12. The van der Waals surface area contributed by atoms with Gasteiger partial charge in [-0.05, 0) is 43.9 Å². The van der Waals surface area contributed by atoms with Crippen molar-refractivity contribution in [1.29, 1.82) is 0 Å². The fourth-order valence-corrected chi connectivity index (χ4v) is 3.62. The van der Waals surface area contributed by atoms with E-state index in [9.17, 15) is 15.0 Å². The summed E-state index contributed by atoms with van der Waals surface area (Å²) in [5, 5.41) is 20.1. The maximum atomic E-state index is 12.2. The van der Waals surface area contributed by atoms with Crippen LogP contribution in [0.4, 0.5) is 0 Å².